The summed E-state index contributed by atoms with van der Waals surface area (Å²) in [5.74, 6) is 2.56. The number of hydrogen-bond acceptors (Lipinski definition) is 11. The molecule has 3 N–H and O–H groups in total. The van der Waals surface area contributed by atoms with E-state index in [1.165, 1.54) is 154 Å². The summed E-state index contributed by atoms with van der Waals surface area (Å²) in [6.45, 7) is 8.24. The fourth-order valence-electron chi connectivity index (χ4n) is 8.63. The quantitative estimate of drug-likeness (QED) is 0.0208. The number of rotatable bonds is 32. The van der Waals surface area contributed by atoms with Gasteiger partial charge in [-0.15, -0.1) is 0 Å². The maximum atomic E-state index is 8.75. The van der Waals surface area contributed by atoms with Crippen LogP contribution in [0.15, 0.2) is 0 Å². The van der Waals surface area contributed by atoms with Crippen molar-refractivity contribution < 1.29 is 10.2 Å². The molecule has 6 aromatic rings. The normalized spacial score (nSPS) is 11.5. The maximum absolute atomic E-state index is 8.75. The zero-order valence-electron chi connectivity index (χ0n) is 41.7. The van der Waals surface area contributed by atoms with Gasteiger partial charge in [-0.3, -0.25) is 0 Å². The monoisotopic (exact) mass is 1090 g/mol. The first kappa shape index (κ1) is 59.9. The molecule has 0 aliphatic carbocycles. The predicted octanol–water partition coefficient (Wildman–Crippen LogP) is 15.8. The van der Waals surface area contributed by atoms with Gasteiger partial charge in [0.05, 0.1) is 0 Å². The van der Waals surface area contributed by atoms with E-state index in [0.29, 0.717) is 51.0 Å². The third-order valence-corrected chi connectivity index (χ3v) is 13.7. The highest BCUT2D eigenvalue weighted by Crippen LogP contribution is 2.26. The molecule has 0 aromatic carbocycles. The zero-order valence-corrected chi connectivity index (χ0v) is 46.2. The highest BCUT2D eigenvalue weighted by atomic mass is 35.5. The second-order valence-corrected chi connectivity index (χ2v) is 20.3. The largest absolute Gasteiger partial charge is 0.396 e. The standard InChI is InChI=1S/2C22H36Cl2N4O.C6H4Cl2N4/c1-18-25-21-19(20(23)26-22(24)27-21)28(18)16-14-12-10-8-6-4-2-3-5-7-9-11-13-15-17-29;1-18-25-19-20(23)26-22(24)27-21(19)28(18)16-14-12-10-8-6-4-2-3-5-7-9-11-13-15-17-29;1-2-9-3-4(7)11-6(8)12-5(3)10-2/h2*29H,2-17H2,1H3;1H3,(H,9,10,11,12). The van der Waals surface area contributed by atoms with Crippen LogP contribution in [-0.2, 0) is 13.1 Å². The Labute approximate surface area is 445 Å². The van der Waals surface area contributed by atoms with Gasteiger partial charge in [-0.1, -0.05) is 189 Å². The highest BCUT2D eigenvalue weighted by molar-refractivity contribution is 6.36. The number of nitrogens with one attached hydrogen (secondary N) is 1. The van der Waals surface area contributed by atoms with Gasteiger partial charge in [-0.25, -0.2) is 29.9 Å². The summed E-state index contributed by atoms with van der Waals surface area (Å²) in [6, 6.07) is 0. The van der Waals surface area contributed by atoms with Crippen LogP contribution in [0.3, 0.4) is 0 Å². The number of aliphatic hydroxyl groups is 2. The van der Waals surface area contributed by atoms with Crippen molar-refractivity contribution in [3.05, 3.63) is 48.8 Å². The summed E-state index contributed by atoms with van der Waals surface area (Å²) in [4.78, 5) is 40.1. The third-order valence-electron chi connectivity index (χ3n) is 12.4. The van der Waals surface area contributed by atoms with Crippen LogP contribution in [0.4, 0.5) is 0 Å². The molecule has 6 heterocycles. The second-order valence-electron chi connectivity index (χ2n) is 18.2. The second kappa shape index (κ2) is 34.7. The van der Waals surface area contributed by atoms with E-state index < -0.39 is 0 Å². The minimum atomic E-state index is 0.110. The lowest BCUT2D eigenvalue weighted by Gasteiger charge is -2.07. The number of unbranched alkanes of at least 4 members (excludes halogenated alkanes) is 26. The Hall–Kier alpha value is -2.69. The van der Waals surface area contributed by atoms with Crippen LogP contribution in [0.25, 0.3) is 33.5 Å². The summed E-state index contributed by atoms with van der Waals surface area (Å²) in [5, 5.41) is 18.9. The number of halogens is 6. The smallest absolute Gasteiger partial charge is 0.225 e. The zero-order chi connectivity index (χ0) is 50.5. The van der Waals surface area contributed by atoms with Crippen molar-refractivity contribution in [3.8, 4) is 0 Å². The van der Waals surface area contributed by atoms with E-state index in [-0.39, 0.29) is 15.9 Å². The molecule has 390 valence electrons. The third kappa shape index (κ3) is 21.8. The molecule has 0 aliphatic rings. The van der Waals surface area contributed by atoms with E-state index in [4.69, 9.17) is 79.8 Å². The molecule has 0 saturated carbocycles. The first-order valence-corrected chi connectivity index (χ1v) is 28.1. The van der Waals surface area contributed by atoms with Crippen LogP contribution < -0.4 is 0 Å². The highest BCUT2D eigenvalue weighted by Gasteiger charge is 2.16. The van der Waals surface area contributed by atoms with Crippen molar-refractivity contribution in [1.29, 1.82) is 0 Å². The lowest BCUT2D eigenvalue weighted by Crippen LogP contribution is -2.02. The lowest BCUT2D eigenvalue weighted by atomic mass is 10.0. The minimum absolute atomic E-state index is 0.110. The van der Waals surface area contributed by atoms with Crippen molar-refractivity contribution in [3.63, 3.8) is 0 Å². The van der Waals surface area contributed by atoms with Crippen LogP contribution in [0, 0.1) is 20.8 Å². The van der Waals surface area contributed by atoms with Crippen LogP contribution >= 0.6 is 69.6 Å². The Bertz CT molecular complexity index is 2390. The van der Waals surface area contributed by atoms with Crippen LogP contribution in [-0.4, -0.2) is 82.4 Å². The molecule has 0 radical (unpaired) electrons. The predicted molar refractivity (Wildman–Crippen MR) is 290 cm³/mol. The first-order valence-electron chi connectivity index (χ1n) is 25.8. The van der Waals surface area contributed by atoms with Gasteiger partial charge >= 0.3 is 0 Å². The number of aromatic nitrogens is 12. The van der Waals surface area contributed by atoms with E-state index in [2.05, 4.69) is 59.0 Å². The van der Waals surface area contributed by atoms with Gasteiger partial charge in [-0.2, -0.15) is 15.0 Å². The van der Waals surface area contributed by atoms with E-state index in [0.717, 1.165) is 67.4 Å². The Balaban J connectivity index is 0.000000246. The average molecular weight is 1090 g/mol. The van der Waals surface area contributed by atoms with Gasteiger partial charge < -0.3 is 24.3 Å². The summed E-state index contributed by atoms with van der Waals surface area (Å²) < 4.78 is 4.20. The van der Waals surface area contributed by atoms with Gasteiger partial charge in [0.25, 0.3) is 0 Å². The molecule has 6 rings (SSSR count). The first-order chi connectivity index (χ1) is 33.9. The molecule has 0 unspecified atom stereocenters. The SMILES string of the molecule is Cc1nc2c(Cl)nc(Cl)nc2n1CCCCCCCCCCCCCCCCO.Cc1nc2nc(Cl)nc(Cl)c2[nH]1.Cc1nc2nc(Cl)nc(Cl)c2n1CCCCCCCCCCCCCCCCO. The number of nitrogens with zero attached hydrogens (tertiary/aromatic N) is 11. The molecular formula is C50H76Cl6N12O2. The number of aromatic amines is 1. The van der Waals surface area contributed by atoms with Gasteiger partial charge in [0, 0.05) is 26.3 Å². The molecule has 0 aliphatic heterocycles. The Morgan fingerprint density at radius 3 is 1.21 bits per heavy atom. The van der Waals surface area contributed by atoms with E-state index in [9.17, 15) is 0 Å². The molecule has 0 fully saturated rings. The summed E-state index contributed by atoms with van der Waals surface area (Å²) >= 11 is 35.5. The van der Waals surface area contributed by atoms with Gasteiger partial charge in [-0.05, 0) is 81.3 Å². The minimum Gasteiger partial charge on any atom is -0.396 e. The van der Waals surface area contributed by atoms with Crippen LogP contribution in [0.2, 0.25) is 31.3 Å². The summed E-state index contributed by atoms with van der Waals surface area (Å²) in [5.41, 5.74) is 3.87. The Morgan fingerprint density at radius 2 is 0.743 bits per heavy atom. The van der Waals surface area contributed by atoms with Crippen molar-refractivity contribution in [2.75, 3.05) is 13.2 Å². The Morgan fingerprint density at radius 1 is 0.371 bits per heavy atom. The molecule has 0 atom stereocenters. The van der Waals surface area contributed by atoms with Gasteiger partial charge in [0.2, 0.25) is 15.9 Å². The molecule has 0 amide bonds. The topological polar surface area (TPSA) is 182 Å². The number of H-pyrrole nitrogens is 1. The van der Waals surface area contributed by atoms with Crippen molar-refractivity contribution in [1.82, 2.24) is 59.0 Å². The molecule has 14 nitrogen and oxygen atoms in total. The molecule has 0 spiro atoms. The van der Waals surface area contributed by atoms with E-state index >= 15 is 0 Å². The van der Waals surface area contributed by atoms with Crippen LogP contribution in [0.1, 0.15) is 197 Å². The van der Waals surface area contributed by atoms with Crippen molar-refractivity contribution >= 4 is 103 Å². The van der Waals surface area contributed by atoms with E-state index in [1.54, 1.807) is 0 Å². The van der Waals surface area contributed by atoms with Gasteiger partial charge in [0.15, 0.2) is 32.4 Å². The molecule has 20 heteroatoms. The Kier molecular flexibility index (Phi) is 29.7. The summed E-state index contributed by atoms with van der Waals surface area (Å²) in [7, 11) is 0. The fourth-order valence-corrected chi connectivity index (χ4v) is 9.94. The molecular weight excluding hydrogens is 1010 g/mol. The number of fused-ring (bicyclic) bond motifs is 3. The van der Waals surface area contributed by atoms with E-state index in [1.807, 2.05) is 20.8 Å². The molecule has 0 saturated heterocycles. The maximum Gasteiger partial charge on any atom is 0.225 e. The van der Waals surface area contributed by atoms with Crippen LogP contribution in [0.5, 0.6) is 0 Å². The van der Waals surface area contributed by atoms with Crippen molar-refractivity contribution in [2.45, 2.75) is 214 Å². The fraction of sp³-hybridized carbons (Fsp3) is 0.700. The summed E-state index contributed by atoms with van der Waals surface area (Å²) in [6.07, 6.45) is 35.8. The van der Waals surface area contributed by atoms with Crippen molar-refractivity contribution in [2.24, 2.45) is 0 Å². The lowest BCUT2D eigenvalue weighted by molar-refractivity contribution is 0.282. The molecule has 70 heavy (non-hydrogen) atoms. The number of aryl methyl sites for hydroxylation is 5. The average Bonchev–Trinajstić information content (AvgIpc) is 3.97. The molecule has 0 bridgehead atoms. The number of aliphatic hydroxyl groups excluding tert-OH is 2. The number of hydrogen-bond donors (Lipinski definition) is 3. The molecule has 6 aromatic heterocycles. The number of imidazole rings is 3. The van der Waals surface area contributed by atoms with Gasteiger partial charge in [0.1, 0.15) is 34.0 Å².